The quantitative estimate of drug-likeness (QED) is 0.681. The van der Waals surface area contributed by atoms with Crippen LogP contribution in [-0.2, 0) is 14.3 Å². The molecule has 0 heterocycles. The minimum Gasteiger partial charge on any atom is -0.469 e. The number of benzene rings is 1. The summed E-state index contributed by atoms with van der Waals surface area (Å²) in [5, 5.41) is 0.215. The first-order valence-corrected chi connectivity index (χ1v) is 6.44. The average molecular weight is 320 g/mol. The first-order valence-electron chi connectivity index (χ1n) is 5.69. The molecule has 0 unspecified atom stereocenters. The fourth-order valence-corrected chi connectivity index (χ4v) is 1.83. The molecule has 0 amide bonds. The SMILES string of the molecule is COC(=O)C(C)(C)COC(=O)c1cc(N)cc(Cl)c1Cl. The van der Waals surface area contributed by atoms with Crippen LogP contribution in [0.25, 0.3) is 0 Å². The Kier molecular flexibility index (Phi) is 5.25. The van der Waals surface area contributed by atoms with Gasteiger partial charge in [0.1, 0.15) is 6.61 Å². The monoisotopic (exact) mass is 319 g/mol. The maximum atomic E-state index is 12.0. The Morgan fingerprint density at radius 3 is 2.45 bits per heavy atom. The number of hydrogen-bond acceptors (Lipinski definition) is 5. The first-order chi connectivity index (χ1) is 9.19. The van der Waals surface area contributed by atoms with E-state index >= 15 is 0 Å². The molecule has 0 radical (unpaired) electrons. The van der Waals surface area contributed by atoms with Crippen LogP contribution in [0.15, 0.2) is 12.1 Å². The molecular formula is C13H15Cl2NO4. The molecule has 5 nitrogen and oxygen atoms in total. The number of nitrogens with two attached hydrogens (primary N) is 1. The van der Waals surface area contributed by atoms with Crippen LogP contribution < -0.4 is 5.73 Å². The molecule has 0 saturated carbocycles. The lowest BCUT2D eigenvalue weighted by molar-refractivity contribution is -0.152. The molecule has 0 aliphatic rings. The molecule has 2 N–H and O–H groups in total. The van der Waals surface area contributed by atoms with Gasteiger partial charge in [-0.25, -0.2) is 4.79 Å². The van der Waals surface area contributed by atoms with E-state index in [2.05, 4.69) is 4.74 Å². The summed E-state index contributed by atoms with van der Waals surface area (Å²) in [6.45, 7) is 3.04. The van der Waals surface area contributed by atoms with Gasteiger partial charge in [-0.05, 0) is 26.0 Å². The van der Waals surface area contributed by atoms with Gasteiger partial charge in [-0.15, -0.1) is 0 Å². The summed E-state index contributed by atoms with van der Waals surface area (Å²) in [4.78, 5) is 23.4. The van der Waals surface area contributed by atoms with Gasteiger partial charge >= 0.3 is 11.9 Å². The van der Waals surface area contributed by atoms with Crippen molar-refractivity contribution in [2.24, 2.45) is 5.41 Å². The van der Waals surface area contributed by atoms with Crippen LogP contribution in [-0.4, -0.2) is 25.7 Å². The van der Waals surface area contributed by atoms with Crippen LogP contribution >= 0.6 is 23.2 Å². The topological polar surface area (TPSA) is 78.6 Å². The maximum absolute atomic E-state index is 12.0. The fraction of sp³-hybridized carbons (Fsp3) is 0.385. The van der Waals surface area contributed by atoms with Gasteiger partial charge in [0, 0.05) is 5.69 Å². The molecular weight excluding hydrogens is 305 g/mol. The second kappa shape index (κ2) is 6.33. The van der Waals surface area contributed by atoms with Crippen molar-refractivity contribution < 1.29 is 19.1 Å². The lowest BCUT2D eigenvalue weighted by Gasteiger charge is -2.21. The predicted octanol–water partition coefficient (Wildman–Crippen LogP) is 2.93. The largest absolute Gasteiger partial charge is 0.469 e. The van der Waals surface area contributed by atoms with Crippen molar-refractivity contribution in [3.63, 3.8) is 0 Å². The molecule has 0 spiro atoms. The molecule has 110 valence electrons. The molecule has 0 bridgehead atoms. The van der Waals surface area contributed by atoms with Crippen LogP contribution in [0, 0.1) is 5.41 Å². The maximum Gasteiger partial charge on any atom is 0.339 e. The number of carbonyl (C=O) groups is 2. The third kappa shape index (κ3) is 3.77. The number of anilines is 1. The van der Waals surface area contributed by atoms with E-state index in [-0.39, 0.29) is 22.2 Å². The van der Waals surface area contributed by atoms with Crippen molar-refractivity contribution in [3.05, 3.63) is 27.7 Å². The second-order valence-electron chi connectivity index (χ2n) is 4.82. The highest BCUT2D eigenvalue weighted by atomic mass is 35.5. The van der Waals surface area contributed by atoms with E-state index in [4.69, 9.17) is 33.7 Å². The lowest BCUT2D eigenvalue weighted by atomic mass is 9.95. The minimum atomic E-state index is -0.957. The van der Waals surface area contributed by atoms with E-state index in [0.29, 0.717) is 5.69 Å². The second-order valence-corrected chi connectivity index (χ2v) is 5.60. The smallest absolute Gasteiger partial charge is 0.339 e. The molecule has 7 heteroatoms. The molecule has 20 heavy (non-hydrogen) atoms. The number of carbonyl (C=O) groups excluding carboxylic acids is 2. The predicted molar refractivity (Wildman–Crippen MR) is 77.0 cm³/mol. The summed E-state index contributed by atoms with van der Waals surface area (Å²) in [6, 6.07) is 2.79. The van der Waals surface area contributed by atoms with Crippen LogP contribution in [0.4, 0.5) is 5.69 Å². The highest BCUT2D eigenvalue weighted by Crippen LogP contribution is 2.29. The number of ether oxygens (including phenoxy) is 2. The van der Waals surface area contributed by atoms with Gasteiger partial charge in [0.15, 0.2) is 0 Å². The Morgan fingerprint density at radius 2 is 1.90 bits per heavy atom. The summed E-state index contributed by atoms with van der Waals surface area (Å²) in [7, 11) is 1.26. The zero-order valence-corrected chi connectivity index (χ0v) is 12.8. The number of methoxy groups -OCH3 is 1. The zero-order valence-electron chi connectivity index (χ0n) is 11.3. The van der Waals surface area contributed by atoms with Crippen molar-refractivity contribution in [1.82, 2.24) is 0 Å². The fourth-order valence-electron chi connectivity index (χ4n) is 1.42. The van der Waals surface area contributed by atoms with Gasteiger partial charge in [0.25, 0.3) is 0 Å². The zero-order chi connectivity index (χ0) is 15.5. The first kappa shape index (κ1) is 16.6. The van der Waals surface area contributed by atoms with Gasteiger partial charge in [-0.3, -0.25) is 4.79 Å². The van der Waals surface area contributed by atoms with Gasteiger partial charge < -0.3 is 15.2 Å². The van der Waals surface area contributed by atoms with Crippen LogP contribution in [0.1, 0.15) is 24.2 Å². The minimum absolute atomic E-state index is 0.0531. The summed E-state index contributed by atoms with van der Waals surface area (Å²) in [5.74, 6) is -1.19. The molecule has 0 aromatic heterocycles. The molecule has 0 atom stereocenters. The highest BCUT2D eigenvalue weighted by Gasteiger charge is 2.31. The normalized spacial score (nSPS) is 11.1. The van der Waals surface area contributed by atoms with E-state index in [1.165, 1.54) is 19.2 Å². The number of halogens is 2. The van der Waals surface area contributed by atoms with Crippen molar-refractivity contribution in [3.8, 4) is 0 Å². The van der Waals surface area contributed by atoms with Crippen LogP contribution in [0.2, 0.25) is 10.0 Å². The van der Waals surface area contributed by atoms with Gasteiger partial charge in [-0.2, -0.15) is 0 Å². The van der Waals surface area contributed by atoms with Crippen LogP contribution in [0.5, 0.6) is 0 Å². The number of nitrogen functional groups attached to an aromatic ring is 1. The molecule has 0 fully saturated rings. The number of rotatable bonds is 4. The lowest BCUT2D eigenvalue weighted by Crippen LogP contribution is -2.32. The van der Waals surface area contributed by atoms with Crippen LogP contribution in [0.3, 0.4) is 0 Å². The van der Waals surface area contributed by atoms with Gasteiger partial charge in [0.2, 0.25) is 0 Å². The summed E-state index contributed by atoms with van der Waals surface area (Å²) in [6.07, 6.45) is 0. The molecule has 1 rings (SSSR count). The summed E-state index contributed by atoms with van der Waals surface area (Å²) < 4.78 is 9.69. The summed E-state index contributed by atoms with van der Waals surface area (Å²) >= 11 is 11.8. The van der Waals surface area contributed by atoms with Gasteiger partial charge in [0.05, 0.1) is 28.1 Å². The number of hydrogen-bond donors (Lipinski definition) is 1. The molecule has 0 saturated heterocycles. The Morgan fingerprint density at radius 1 is 1.30 bits per heavy atom. The van der Waals surface area contributed by atoms with E-state index in [9.17, 15) is 9.59 Å². The molecule has 0 aliphatic heterocycles. The van der Waals surface area contributed by atoms with Crippen molar-refractivity contribution in [1.29, 1.82) is 0 Å². The summed E-state index contributed by atoms with van der Waals surface area (Å²) in [5.41, 5.74) is 4.98. The highest BCUT2D eigenvalue weighted by molar-refractivity contribution is 6.44. The Bertz CT molecular complexity index is 543. The molecule has 1 aromatic carbocycles. The van der Waals surface area contributed by atoms with E-state index in [1.54, 1.807) is 13.8 Å². The van der Waals surface area contributed by atoms with E-state index < -0.39 is 17.4 Å². The van der Waals surface area contributed by atoms with Gasteiger partial charge in [-0.1, -0.05) is 23.2 Å². The third-order valence-electron chi connectivity index (χ3n) is 2.57. The average Bonchev–Trinajstić information content (AvgIpc) is 2.39. The Hall–Kier alpha value is -1.46. The molecule has 1 aromatic rings. The Balaban J connectivity index is 2.86. The Labute approximate surface area is 126 Å². The molecule has 0 aliphatic carbocycles. The van der Waals surface area contributed by atoms with Crippen molar-refractivity contribution in [2.75, 3.05) is 19.5 Å². The third-order valence-corrected chi connectivity index (χ3v) is 3.37. The number of esters is 2. The van der Waals surface area contributed by atoms with Crippen molar-refractivity contribution >= 4 is 40.8 Å². The van der Waals surface area contributed by atoms with E-state index in [0.717, 1.165) is 0 Å². The van der Waals surface area contributed by atoms with Crippen molar-refractivity contribution in [2.45, 2.75) is 13.8 Å². The van der Waals surface area contributed by atoms with E-state index in [1.807, 2.05) is 0 Å². The standard InChI is InChI=1S/C13H15Cl2NO4/c1-13(2,12(18)19-3)6-20-11(17)8-4-7(16)5-9(14)10(8)15/h4-5H,6,16H2,1-3H3.